The lowest BCUT2D eigenvalue weighted by Crippen LogP contribution is -2.66. The first-order valence-electron chi connectivity index (χ1n) is 12.3. The molecule has 36 heavy (non-hydrogen) atoms. The fourth-order valence-corrected chi connectivity index (χ4v) is 5.82. The standard InChI is InChI=1S/C29H29ClN2O4/c30-24-12-7-13-25(18-24)31-27(33)20-32-16-14-21(15-17-32)26(19-32)36-28(34)29(35,22-8-3-1-4-9-22)23-10-5-2-6-11-23/h1-13,18,21,26,35H,14-17,19-20H2/p+1. The maximum atomic E-state index is 13.6. The number of nitrogens with one attached hydrogen (secondary N) is 1. The van der Waals surface area contributed by atoms with Crippen molar-refractivity contribution in [2.75, 3.05) is 31.5 Å². The number of nitrogens with zero attached hydrogens (tertiary/aromatic N) is 1. The van der Waals surface area contributed by atoms with Crippen LogP contribution in [0.3, 0.4) is 0 Å². The Morgan fingerprint density at radius 1 is 0.944 bits per heavy atom. The van der Waals surface area contributed by atoms with Crippen LogP contribution in [0.2, 0.25) is 5.02 Å². The number of hydrogen-bond acceptors (Lipinski definition) is 4. The molecule has 3 fully saturated rings. The Balaban J connectivity index is 1.33. The average molecular weight is 506 g/mol. The normalized spacial score (nSPS) is 23.2. The van der Waals surface area contributed by atoms with Crippen molar-refractivity contribution in [3.05, 3.63) is 101 Å². The van der Waals surface area contributed by atoms with Gasteiger partial charge in [-0.15, -0.1) is 0 Å². The molecule has 3 heterocycles. The molecule has 6 nitrogen and oxygen atoms in total. The summed E-state index contributed by atoms with van der Waals surface area (Å²) in [6.45, 7) is 2.58. The third-order valence-corrected chi connectivity index (χ3v) is 7.80. The molecule has 2 N–H and O–H groups in total. The summed E-state index contributed by atoms with van der Waals surface area (Å²) in [7, 11) is 0. The molecular weight excluding hydrogens is 476 g/mol. The van der Waals surface area contributed by atoms with Crippen LogP contribution in [0.5, 0.6) is 0 Å². The summed E-state index contributed by atoms with van der Waals surface area (Å²) in [5.74, 6) is -0.548. The van der Waals surface area contributed by atoms with E-state index in [-0.39, 0.29) is 17.9 Å². The van der Waals surface area contributed by atoms with Gasteiger partial charge in [-0.25, -0.2) is 4.79 Å². The van der Waals surface area contributed by atoms with E-state index in [0.29, 0.717) is 39.4 Å². The molecule has 3 aliphatic rings. The SMILES string of the molecule is O=C(C[N+]12CCC(CC1)C(OC(=O)C(O)(c1ccccc1)c1ccccc1)C2)Nc1cccc(Cl)c1. The Bertz CT molecular complexity index is 1190. The van der Waals surface area contributed by atoms with Crippen molar-refractivity contribution in [2.45, 2.75) is 24.5 Å². The van der Waals surface area contributed by atoms with Gasteiger partial charge in [-0.1, -0.05) is 78.3 Å². The summed E-state index contributed by atoms with van der Waals surface area (Å²) >= 11 is 6.05. The molecule has 0 aliphatic carbocycles. The zero-order chi connectivity index (χ0) is 25.2. The van der Waals surface area contributed by atoms with E-state index in [9.17, 15) is 14.7 Å². The zero-order valence-electron chi connectivity index (χ0n) is 20.0. The van der Waals surface area contributed by atoms with Gasteiger partial charge in [0, 0.05) is 29.5 Å². The summed E-state index contributed by atoms with van der Waals surface area (Å²) in [6.07, 6.45) is 1.38. The second-order valence-corrected chi connectivity index (χ2v) is 10.3. The van der Waals surface area contributed by atoms with Crippen molar-refractivity contribution < 1.29 is 23.9 Å². The van der Waals surface area contributed by atoms with Gasteiger partial charge in [-0.2, -0.15) is 0 Å². The molecule has 2 bridgehead atoms. The van der Waals surface area contributed by atoms with Crippen molar-refractivity contribution in [1.29, 1.82) is 0 Å². The number of esters is 1. The number of hydrogen-bond donors (Lipinski definition) is 2. The first-order chi connectivity index (χ1) is 17.4. The Morgan fingerprint density at radius 2 is 1.56 bits per heavy atom. The van der Waals surface area contributed by atoms with Gasteiger partial charge in [0.05, 0.1) is 13.1 Å². The van der Waals surface area contributed by atoms with Gasteiger partial charge in [-0.3, -0.25) is 4.79 Å². The smallest absolute Gasteiger partial charge is 0.348 e. The molecule has 1 amide bonds. The lowest BCUT2D eigenvalue weighted by Gasteiger charge is -2.51. The van der Waals surface area contributed by atoms with E-state index >= 15 is 0 Å². The summed E-state index contributed by atoms with van der Waals surface area (Å²) in [5, 5.41) is 15.3. The molecule has 3 saturated heterocycles. The largest absolute Gasteiger partial charge is 0.453 e. The topological polar surface area (TPSA) is 75.6 Å². The number of carbonyl (C=O) groups excluding carboxylic acids is 2. The van der Waals surface area contributed by atoms with Crippen molar-refractivity contribution in [2.24, 2.45) is 5.92 Å². The molecule has 3 aromatic rings. The van der Waals surface area contributed by atoms with Gasteiger partial charge in [0.2, 0.25) is 5.60 Å². The van der Waals surface area contributed by atoms with Crippen LogP contribution < -0.4 is 5.32 Å². The van der Waals surface area contributed by atoms with Gasteiger partial charge in [0.1, 0.15) is 6.54 Å². The second kappa shape index (κ2) is 10.1. The summed E-state index contributed by atoms with van der Waals surface area (Å²) < 4.78 is 6.65. The van der Waals surface area contributed by atoms with E-state index in [2.05, 4.69) is 5.32 Å². The molecule has 0 saturated carbocycles. The number of rotatable bonds is 7. The number of quaternary nitrogens is 1. The molecule has 3 aromatic carbocycles. The van der Waals surface area contributed by atoms with Gasteiger partial charge in [0.25, 0.3) is 5.91 Å². The van der Waals surface area contributed by atoms with Crippen molar-refractivity contribution in [1.82, 2.24) is 0 Å². The molecule has 0 radical (unpaired) electrons. The molecule has 1 atom stereocenters. The Morgan fingerprint density at radius 3 is 2.14 bits per heavy atom. The maximum absolute atomic E-state index is 13.6. The Kier molecular flexibility index (Phi) is 6.84. The Labute approximate surface area is 216 Å². The number of fused-ring (bicyclic) bond motifs is 3. The predicted octanol–water partition coefficient (Wildman–Crippen LogP) is 4.37. The number of benzene rings is 3. The van der Waals surface area contributed by atoms with Gasteiger partial charge >= 0.3 is 5.97 Å². The van der Waals surface area contributed by atoms with E-state index in [0.717, 1.165) is 25.9 Å². The highest BCUT2D eigenvalue weighted by Crippen LogP contribution is 2.38. The third kappa shape index (κ3) is 4.89. The van der Waals surface area contributed by atoms with Crippen LogP contribution in [0.4, 0.5) is 5.69 Å². The summed E-state index contributed by atoms with van der Waals surface area (Å²) in [6, 6.07) is 24.9. The number of halogens is 1. The number of aliphatic hydroxyl groups is 1. The minimum atomic E-state index is -1.91. The minimum absolute atomic E-state index is 0.0900. The molecule has 186 valence electrons. The van der Waals surface area contributed by atoms with Crippen molar-refractivity contribution >= 4 is 29.2 Å². The molecule has 3 aliphatic heterocycles. The highest BCUT2D eigenvalue weighted by atomic mass is 35.5. The van der Waals surface area contributed by atoms with Crippen molar-refractivity contribution in [3.63, 3.8) is 0 Å². The maximum Gasteiger partial charge on any atom is 0.348 e. The second-order valence-electron chi connectivity index (χ2n) is 9.91. The lowest BCUT2D eigenvalue weighted by molar-refractivity contribution is -0.939. The van der Waals surface area contributed by atoms with Crippen LogP contribution >= 0.6 is 11.6 Å². The van der Waals surface area contributed by atoms with Crippen LogP contribution in [0.25, 0.3) is 0 Å². The number of piperidine rings is 3. The molecule has 1 unspecified atom stereocenters. The summed E-state index contributed by atoms with van der Waals surface area (Å²) in [5.41, 5.74) is -0.320. The number of ether oxygens (including phenoxy) is 1. The number of anilines is 1. The monoisotopic (exact) mass is 505 g/mol. The summed E-state index contributed by atoms with van der Waals surface area (Å²) in [4.78, 5) is 26.6. The van der Waals surface area contributed by atoms with Crippen molar-refractivity contribution in [3.8, 4) is 0 Å². The fourth-order valence-electron chi connectivity index (χ4n) is 5.63. The highest BCUT2D eigenvalue weighted by molar-refractivity contribution is 6.30. The number of carbonyl (C=O) groups is 2. The van der Waals surface area contributed by atoms with Crippen LogP contribution in [-0.2, 0) is 19.9 Å². The molecular formula is C29H30ClN2O4+. The molecule has 0 spiro atoms. The zero-order valence-corrected chi connectivity index (χ0v) is 20.7. The van der Waals surface area contributed by atoms with E-state index in [1.165, 1.54) is 0 Å². The quantitative estimate of drug-likeness (QED) is 0.369. The van der Waals surface area contributed by atoms with Gasteiger partial charge < -0.3 is 19.6 Å². The molecule has 6 rings (SSSR count). The van der Waals surface area contributed by atoms with Gasteiger partial charge in [0.15, 0.2) is 12.6 Å². The van der Waals surface area contributed by atoms with Crippen LogP contribution in [0.1, 0.15) is 24.0 Å². The first kappa shape index (κ1) is 24.5. The third-order valence-electron chi connectivity index (χ3n) is 7.57. The predicted molar refractivity (Wildman–Crippen MR) is 138 cm³/mol. The number of amides is 1. The highest BCUT2D eigenvalue weighted by Gasteiger charge is 2.51. The van der Waals surface area contributed by atoms with E-state index in [4.69, 9.17) is 16.3 Å². The Hall–Kier alpha value is -3.19. The minimum Gasteiger partial charge on any atom is -0.453 e. The van der Waals surface area contributed by atoms with Crippen LogP contribution in [0, 0.1) is 5.92 Å². The molecule has 0 aromatic heterocycles. The van der Waals surface area contributed by atoms with Crippen LogP contribution in [-0.4, -0.2) is 53.7 Å². The van der Waals surface area contributed by atoms with E-state index < -0.39 is 11.6 Å². The first-order valence-corrected chi connectivity index (χ1v) is 12.7. The lowest BCUT2D eigenvalue weighted by atomic mass is 9.82. The van der Waals surface area contributed by atoms with Gasteiger partial charge in [-0.05, 0) is 29.3 Å². The van der Waals surface area contributed by atoms with E-state index in [1.54, 1.807) is 66.7 Å². The fraction of sp³-hybridized carbons (Fsp3) is 0.310. The van der Waals surface area contributed by atoms with Crippen LogP contribution in [0.15, 0.2) is 84.9 Å². The average Bonchev–Trinajstić information content (AvgIpc) is 2.89. The van der Waals surface area contributed by atoms with E-state index in [1.807, 2.05) is 18.2 Å². The molecule has 7 heteroatoms.